The van der Waals surface area contributed by atoms with Crippen molar-refractivity contribution in [3.05, 3.63) is 60.2 Å². The lowest BCUT2D eigenvalue weighted by atomic mass is 10.3. The Kier molecular flexibility index (Phi) is 11.0. The van der Waals surface area contributed by atoms with Gasteiger partial charge in [-0.2, -0.15) is 0 Å². The van der Waals surface area contributed by atoms with E-state index in [9.17, 15) is 0 Å². The first-order valence-electron chi connectivity index (χ1n) is 9.81. The minimum absolute atomic E-state index is 0.511. The zero-order valence-electron chi connectivity index (χ0n) is 17.0. The van der Waals surface area contributed by atoms with Crippen LogP contribution >= 0.6 is 47.8 Å². The highest BCUT2D eigenvalue weighted by atomic mass is 32.2. The second-order valence-electron chi connectivity index (χ2n) is 6.40. The van der Waals surface area contributed by atoms with Gasteiger partial charge in [-0.3, -0.25) is 0 Å². The van der Waals surface area contributed by atoms with Crippen molar-refractivity contribution in [1.29, 1.82) is 0 Å². The lowest BCUT2D eigenvalue weighted by molar-refractivity contribution is 0.0728. The lowest BCUT2D eigenvalue weighted by Gasteiger charge is -2.14. The molecule has 0 bridgehead atoms. The van der Waals surface area contributed by atoms with E-state index < -0.39 is 0 Å². The van der Waals surface area contributed by atoms with Crippen LogP contribution in [0.4, 0.5) is 0 Å². The molecule has 0 atom stereocenters. The summed E-state index contributed by atoms with van der Waals surface area (Å²) >= 11 is 9.13. The number of allylic oxidation sites excluding steroid dienone is 2. The van der Waals surface area contributed by atoms with Crippen LogP contribution in [0.5, 0.6) is 0 Å². The Balaban J connectivity index is 1.46. The Morgan fingerprint density at radius 1 is 0.900 bits per heavy atom. The zero-order valence-corrected chi connectivity index (χ0v) is 20.3. The van der Waals surface area contributed by atoms with E-state index in [1.807, 2.05) is 23.1 Å². The van der Waals surface area contributed by atoms with E-state index in [1.54, 1.807) is 18.9 Å². The maximum Gasteiger partial charge on any atom is 0.0844 e. The van der Waals surface area contributed by atoms with E-state index in [1.165, 1.54) is 24.5 Å². The van der Waals surface area contributed by atoms with Gasteiger partial charge in [0, 0.05) is 44.4 Å². The van der Waals surface area contributed by atoms with Gasteiger partial charge in [-0.15, -0.1) is 11.3 Å². The minimum Gasteiger partial charge on any atom is -0.382 e. The molecule has 0 amide bonds. The van der Waals surface area contributed by atoms with Gasteiger partial charge in [0.25, 0.3) is 0 Å². The van der Waals surface area contributed by atoms with Crippen molar-refractivity contribution in [1.82, 2.24) is 0 Å². The molecule has 2 aliphatic heterocycles. The highest BCUT2D eigenvalue weighted by Gasteiger charge is 2.18. The predicted octanol–water partition coefficient (Wildman–Crippen LogP) is 5.85. The van der Waals surface area contributed by atoms with E-state index in [-0.39, 0.29) is 0 Å². The van der Waals surface area contributed by atoms with E-state index in [0.717, 1.165) is 24.2 Å². The summed E-state index contributed by atoms with van der Waals surface area (Å²) in [7, 11) is 1.68. The third-order valence-corrected chi connectivity index (χ3v) is 8.11. The topological polar surface area (TPSA) is 36.9 Å². The lowest BCUT2D eigenvalue weighted by Crippen LogP contribution is -2.03. The Labute approximate surface area is 196 Å². The van der Waals surface area contributed by atoms with Gasteiger partial charge in [0.15, 0.2) is 0 Å². The summed E-state index contributed by atoms with van der Waals surface area (Å²) in [5.41, 5.74) is 6.59. The summed E-state index contributed by atoms with van der Waals surface area (Å²) in [4.78, 5) is 7.58. The molecule has 30 heavy (non-hydrogen) atoms. The van der Waals surface area contributed by atoms with E-state index >= 15 is 0 Å². The third kappa shape index (κ3) is 7.81. The fourth-order valence-electron chi connectivity index (χ4n) is 2.72. The highest BCUT2D eigenvalue weighted by Crippen LogP contribution is 2.47. The number of thioether (sulfide) groups is 2. The molecule has 0 aliphatic carbocycles. The highest BCUT2D eigenvalue weighted by molar-refractivity contribution is 8.15. The molecule has 0 unspecified atom stereocenters. The van der Waals surface area contributed by atoms with Gasteiger partial charge in [-0.05, 0) is 31.5 Å². The van der Waals surface area contributed by atoms with E-state index in [2.05, 4.69) is 48.7 Å². The second kappa shape index (κ2) is 13.7. The first-order valence-corrected chi connectivity index (χ1v) is 12.6. The van der Waals surface area contributed by atoms with Crippen LogP contribution < -0.4 is 0 Å². The Bertz CT molecular complexity index is 858. The van der Waals surface area contributed by atoms with Gasteiger partial charge in [-0.25, -0.2) is 0 Å². The van der Waals surface area contributed by atoms with Gasteiger partial charge in [0.2, 0.25) is 0 Å². The summed E-state index contributed by atoms with van der Waals surface area (Å²) in [6.07, 6.45) is 7.30. The van der Waals surface area contributed by atoms with Crippen molar-refractivity contribution in [2.75, 3.05) is 46.8 Å². The standard InChI is InChI=1S/C22H26O4S4/c1-23-13-14-24-11-9-17-5-7-21(28-17)19-3-2-4-20(30-19)22-8-6-18(29-22)10-12-25-15-16-26-27/h3-4,6,8,27H,2,9-16H2,1H3. The molecule has 162 valence electrons. The molecule has 3 heterocycles. The Morgan fingerprint density at radius 2 is 1.70 bits per heavy atom. The molecule has 0 aromatic carbocycles. The molecule has 4 nitrogen and oxygen atoms in total. The molecule has 0 saturated heterocycles. The number of methoxy groups -OCH3 is 1. The summed E-state index contributed by atoms with van der Waals surface area (Å²) in [6.45, 7) is 3.74. The monoisotopic (exact) mass is 482 g/mol. The van der Waals surface area contributed by atoms with Crippen LogP contribution in [0.3, 0.4) is 0 Å². The molecule has 0 saturated carbocycles. The molecule has 0 spiro atoms. The smallest absolute Gasteiger partial charge is 0.0844 e. The SMILES string of the molecule is COCCOCCC1=C=C=C(C2=CCC=C(c3ccc(CCOCCOS)s3)S2)S1. The van der Waals surface area contributed by atoms with Crippen LogP contribution in [-0.4, -0.2) is 46.8 Å². The van der Waals surface area contributed by atoms with Gasteiger partial charge in [-0.1, -0.05) is 47.1 Å². The molecule has 1 aromatic rings. The molecule has 0 radical (unpaired) electrons. The number of ether oxygens (including phenoxy) is 3. The third-order valence-electron chi connectivity index (χ3n) is 4.21. The van der Waals surface area contributed by atoms with Crippen LogP contribution in [0.15, 0.2) is 50.5 Å². The number of thiophene rings is 1. The molecule has 1 aromatic heterocycles. The summed E-state index contributed by atoms with van der Waals surface area (Å²) in [5, 5.41) is 0. The molecular weight excluding hydrogens is 457 g/mol. The Hall–Kier alpha value is -0.630. The van der Waals surface area contributed by atoms with Crippen LogP contribution in [0.2, 0.25) is 0 Å². The Morgan fingerprint density at radius 3 is 2.53 bits per heavy atom. The normalized spacial score (nSPS) is 15.8. The number of hydrogen-bond donors (Lipinski definition) is 1. The largest absolute Gasteiger partial charge is 0.382 e. The van der Waals surface area contributed by atoms with Gasteiger partial charge < -0.3 is 18.4 Å². The van der Waals surface area contributed by atoms with Gasteiger partial charge in [0.05, 0.1) is 44.5 Å². The predicted molar refractivity (Wildman–Crippen MR) is 131 cm³/mol. The quantitative estimate of drug-likeness (QED) is 0.155. The van der Waals surface area contributed by atoms with Crippen molar-refractivity contribution in [3.63, 3.8) is 0 Å². The van der Waals surface area contributed by atoms with Crippen molar-refractivity contribution in [2.24, 2.45) is 0 Å². The van der Waals surface area contributed by atoms with E-state index in [4.69, 9.17) is 18.4 Å². The number of thiol groups is 1. The van der Waals surface area contributed by atoms with Crippen molar-refractivity contribution >= 4 is 52.7 Å². The molecule has 0 N–H and O–H groups in total. The van der Waals surface area contributed by atoms with Crippen molar-refractivity contribution in [3.8, 4) is 0 Å². The van der Waals surface area contributed by atoms with Crippen LogP contribution in [-0.2, 0) is 24.8 Å². The second-order valence-corrected chi connectivity index (χ2v) is 10.0. The molecular formula is C22H26O4S4. The maximum atomic E-state index is 5.56. The summed E-state index contributed by atoms with van der Waals surface area (Å²) < 4.78 is 20.8. The fourth-order valence-corrected chi connectivity index (χ4v) is 5.94. The van der Waals surface area contributed by atoms with Crippen molar-refractivity contribution < 1.29 is 18.4 Å². The maximum absolute atomic E-state index is 5.56. The van der Waals surface area contributed by atoms with Crippen LogP contribution in [0, 0.1) is 0 Å². The first-order chi connectivity index (χ1) is 14.8. The number of hydrogen-bond acceptors (Lipinski definition) is 8. The van der Waals surface area contributed by atoms with Gasteiger partial charge >= 0.3 is 0 Å². The van der Waals surface area contributed by atoms with Crippen LogP contribution in [0.1, 0.15) is 22.6 Å². The summed E-state index contributed by atoms with van der Waals surface area (Å²) in [6, 6.07) is 4.41. The van der Waals surface area contributed by atoms with Crippen LogP contribution in [0.25, 0.3) is 4.91 Å². The first kappa shape index (κ1) is 24.0. The molecule has 8 heteroatoms. The molecule has 2 aliphatic rings. The zero-order chi connectivity index (χ0) is 21.0. The molecule has 3 rings (SSSR count). The van der Waals surface area contributed by atoms with Gasteiger partial charge in [0.1, 0.15) is 0 Å². The average Bonchev–Trinajstić information content (AvgIpc) is 3.44. The summed E-state index contributed by atoms with van der Waals surface area (Å²) in [5.74, 6) is 0. The fraction of sp³-hybridized carbons (Fsp3) is 0.455. The average molecular weight is 483 g/mol. The van der Waals surface area contributed by atoms with E-state index in [0.29, 0.717) is 39.6 Å². The molecule has 0 fully saturated rings. The minimum atomic E-state index is 0.511. The van der Waals surface area contributed by atoms with Crippen molar-refractivity contribution in [2.45, 2.75) is 19.3 Å². The number of rotatable bonds is 14.